The van der Waals surface area contributed by atoms with Crippen molar-refractivity contribution < 1.29 is 4.79 Å². The first-order valence-corrected chi connectivity index (χ1v) is 6.96. The van der Waals surface area contributed by atoms with Gasteiger partial charge in [-0.2, -0.15) is 0 Å². The molecular formula is C18H16N2O. The first-order valence-electron chi connectivity index (χ1n) is 6.96. The van der Waals surface area contributed by atoms with Gasteiger partial charge in [-0.05, 0) is 24.6 Å². The summed E-state index contributed by atoms with van der Waals surface area (Å²) in [5.74, 6) is -0.00301. The largest absolute Gasteiger partial charge is 0.313 e. The second-order valence-electron chi connectivity index (χ2n) is 4.93. The van der Waals surface area contributed by atoms with Crippen LogP contribution in [0.3, 0.4) is 0 Å². The zero-order valence-corrected chi connectivity index (χ0v) is 11.9. The highest BCUT2D eigenvalue weighted by atomic mass is 16.2. The van der Waals surface area contributed by atoms with Crippen LogP contribution in [0.4, 0.5) is 5.69 Å². The Morgan fingerprint density at radius 1 is 1.24 bits per heavy atom. The molecule has 3 heteroatoms. The molecule has 1 aromatic rings. The molecule has 0 saturated heterocycles. The highest BCUT2D eigenvalue weighted by molar-refractivity contribution is 6.20. The highest BCUT2D eigenvalue weighted by Crippen LogP contribution is 2.25. The first-order chi connectivity index (χ1) is 10.3. The Morgan fingerprint density at radius 3 is 3.00 bits per heavy atom. The standard InChI is InChI=1S/C18H16N2O/c1-20-16-12-8-7-11-15(16)18(19-13-17(20)21)14-9-5-3-2-4-6-10-14/h2-3,5-8,10-12H,4,13H2,1H3/b3-2-,10-6?. The molecule has 1 aliphatic carbocycles. The molecular weight excluding hydrogens is 260 g/mol. The molecule has 3 nitrogen and oxygen atoms in total. The second kappa shape index (κ2) is 5.78. The van der Waals surface area contributed by atoms with Gasteiger partial charge in [-0.1, -0.05) is 36.4 Å². The molecule has 0 unspecified atom stereocenters. The minimum absolute atomic E-state index is 0.00301. The van der Waals surface area contributed by atoms with Crippen molar-refractivity contribution in [2.75, 3.05) is 18.5 Å². The maximum Gasteiger partial charge on any atom is 0.248 e. The van der Waals surface area contributed by atoms with Crippen LogP contribution in [0.5, 0.6) is 0 Å². The summed E-state index contributed by atoms with van der Waals surface area (Å²) in [5.41, 5.74) is 6.84. The van der Waals surface area contributed by atoms with Crippen LogP contribution in [-0.2, 0) is 4.79 Å². The fourth-order valence-electron chi connectivity index (χ4n) is 2.41. The molecule has 0 spiro atoms. The fraction of sp³-hybridized carbons (Fsp3) is 0.167. The Bertz CT molecular complexity index is 731. The van der Waals surface area contributed by atoms with Crippen molar-refractivity contribution in [1.29, 1.82) is 0 Å². The number of rotatable bonds is 1. The van der Waals surface area contributed by atoms with E-state index in [2.05, 4.69) is 22.9 Å². The zero-order chi connectivity index (χ0) is 14.7. The van der Waals surface area contributed by atoms with Crippen LogP contribution in [0.2, 0.25) is 0 Å². The number of para-hydroxylation sites is 1. The number of amides is 1. The molecule has 2 aliphatic rings. The number of benzene rings is 1. The number of anilines is 1. The molecule has 1 amide bonds. The number of aliphatic imine (C=N–C) groups is 1. The number of benzodiazepines with no additional fused rings is 1. The zero-order valence-electron chi connectivity index (χ0n) is 11.9. The lowest BCUT2D eigenvalue weighted by Gasteiger charge is -2.17. The van der Waals surface area contributed by atoms with Gasteiger partial charge in [0.15, 0.2) is 0 Å². The van der Waals surface area contributed by atoms with Gasteiger partial charge in [0.2, 0.25) is 5.91 Å². The number of carbonyl (C=O) groups excluding carboxylic acids is 1. The van der Waals surface area contributed by atoms with Gasteiger partial charge in [-0.3, -0.25) is 9.79 Å². The summed E-state index contributed by atoms with van der Waals surface area (Å²) >= 11 is 0. The molecule has 0 N–H and O–H groups in total. The van der Waals surface area contributed by atoms with Gasteiger partial charge in [-0.25, -0.2) is 0 Å². The number of nitrogens with zero attached hydrogens (tertiary/aromatic N) is 2. The SMILES string of the molecule is CN1C(=O)CN=C(C2=C=C/C=C\CC=C2)c2ccccc21. The van der Waals surface area contributed by atoms with Crippen molar-refractivity contribution in [2.24, 2.45) is 4.99 Å². The fourth-order valence-corrected chi connectivity index (χ4v) is 2.41. The molecule has 3 rings (SSSR count). The van der Waals surface area contributed by atoms with Gasteiger partial charge < -0.3 is 4.90 Å². The molecule has 0 aromatic heterocycles. The molecule has 1 heterocycles. The predicted molar refractivity (Wildman–Crippen MR) is 85.7 cm³/mol. The van der Waals surface area contributed by atoms with E-state index in [1.54, 1.807) is 11.9 Å². The van der Waals surface area contributed by atoms with E-state index in [0.29, 0.717) is 0 Å². The maximum absolute atomic E-state index is 12.1. The van der Waals surface area contributed by atoms with Crippen molar-refractivity contribution in [3.8, 4) is 0 Å². The summed E-state index contributed by atoms with van der Waals surface area (Å²) in [6.45, 7) is 0.162. The van der Waals surface area contributed by atoms with Crippen molar-refractivity contribution >= 4 is 17.3 Å². The normalized spacial score (nSPS) is 19.1. The van der Waals surface area contributed by atoms with Gasteiger partial charge in [-0.15, -0.1) is 5.73 Å². The van der Waals surface area contributed by atoms with Crippen LogP contribution < -0.4 is 4.90 Å². The predicted octanol–water partition coefficient (Wildman–Crippen LogP) is 3.05. The molecule has 0 atom stereocenters. The van der Waals surface area contributed by atoms with E-state index in [0.717, 1.165) is 29.0 Å². The summed E-state index contributed by atoms with van der Waals surface area (Å²) < 4.78 is 0. The number of fused-ring (bicyclic) bond motifs is 1. The Hall–Kier alpha value is -2.64. The van der Waals surface area contributed by atoms with Crippen molar-refractivity contribution in [2.45, 2.75) is 6.42 Å². The smallest absolute Gasteiger partial charge is 0.248 e. The quantitative estimate of drug-likeness (QED) is 0.726. The molecule has 1 aliphatic heterocycles. The number of carbonyl (C=O) groups is 1. The van der Waals surface area contributed by atoms with Crippen molar-refractivity contribution in [1.82, 2.24) is 0 Å². The summed E-state index contributed by atoms with van der Waals surface area (Å²) in [6, 6.07) is 7.85. The lowest BCUT2D eigenvalue weighted by Crippen LogP contribution is -2.27. The van der Waals surface area contributed by atoms with E-state index in [9.17, 15) is 4.79 Å². The minimum Gasteiger partial charge on any atom is -0.313 e. The van der Waals surface area contributed by atoms with Gasteiger partial charge in [0.25, 0.3) is 0 Å². The van der Waals surface area contributed by atoms with E-state index in [1.807, 2.05) is 42.5 Å². The first kappa shape index (κ1) is 13.3. The summed E-state index contributed by atoms with van der Waals surface area (Å²) in [7, 11) is 1.79. The Morgan fingerprint density at radius 2 is 2.10 bits per heavy atom. The van der Waals surface area contributed by atoms with E-state index in [1.165, 1.54) is 0 Å². The minimum atomic E-state index is -0.00301. The van der Waals surface area contributed by atoms with E-state index >= 15 is 0 Å². The average molecular weight is 276 g/mol. The number of allylic oxidation sites excluding steroid dienone is 5. The lowest BCUT2D eigenvalue weighted by atomic mass is 9.99. The number of hydrogen-bond acceptors (Lipinski definition) is 2. The molecule has 104 valence electrons. The van der Waals surface area contributed by atoms with Crippen molar-refractivity contribution in [3.05, 3.63) is 71.5 Å². The van der Waals surface area contributed by atoms with E-state index < -0.39 is 0 Å². The van der Waals surface area contributed by atoms with Crippen LogP contribution in [0, 0.1) is 0 Å². The highest BCUT2D eigenvalue weighted by Gasteiger charge is 2.22. The Labute approximate surface area is 124 Å². The van der Waals surface area contributed by atoms with Gasteiger partial charge in [0.1, 0.15) is 6.54 Å². The third kappa shape index (κ3) is 2.64. The summed E-state index contributed by atoms with van der Waals surface area (Å²) in [5, 5.41) is 0. The molecule has 21 heavy (non-hydrogen) atoms. The molecule has 0 radical (unpaired) electrons. The summed E-state index contributed by atoms with van der Waals surface area (Å²) in [6.07, 6.45) is 10.9. The topological polar surface area (TPSA) is 32.7 Å². The van der Waals surface area contributed by atoms with Crippen LogP contribution in [0.15, 0.2) is 70.9 Å². The maximum atomic E-state index is 12.1. The third-order valence-corrected chi connectivity index (χ3v) is 3.55. The summed E-state index contributed by atoms with van der Waals surface area (Å²) in [4.78, 5) is 18.3. The Balaban J connectivity index is 2.18. The average Bonchev–Trinajstić information content (AvgIpc) is 2.59. The van der Waals surface area contributed by atoms with Crippen LogP contribution >= 0.6 is 0 Å². The lowest BCUT2D eigenvalue weighted by molar-refractivity contribution is -0.116. The molecule has 0 fully saturated rings. The number of hydrogen-bond donors (Lipinski definition) is 0. The molecule has 0 saturated carbocycles. The van der Waals surface area contributed by atoms with Crippen LogP contribution in [0.25, 0.3) is 0 Å². The van der Waals surface area contributed by atoms with Crippen molar-refractivity contribution in [3.63, 3.8) is 0 Å². The second-order valence-corrected chi connectivity index (χ2v) is 4.93. The molecule has 1 aromatic carbocycles. The molecule has 0 bridgehead atoms. The Kier molecular flexibility index (Phi) is 3.67. The monoisotopic (exact) mass is 276 g/mol. The van der Waals surface area contributed by atoms with Gasteiger partial charge in [0.05, 0.1) is 11.4 Å². The van der Waals surface area contributed by atoms with Crippen LogP contribution in [0.1, 0.15) is 12.0 Å². The van der Waals surface area contributed by atoms with Gasteiger partial charge >= 0.3 is 0 Å². The van der Waals surface area contributed by atoms with Crippen LogP contribution in [-0.4, -0.2) is 25.2 Å². The van der Waals surface area contributed by atoms with Gasteiger partial charge in [0, 0.05) is 18.2 Å². The third-order valence-electron chi connectivity index (χ3n) is 3.55. The number of likely N-dealkylation sites (N-methyl/N-ethyl adjacent to an activating group) is 1. The van der Waals surface area contributed by atoms with E-state index in [4.69, 9.17) is 0 Å². The van der Waals surface area contributed by atoms with E-state index in [-0.39, 0.29) is 12.5 Å².